The molecule has 1 unspecified atom stereocenters. The lowest BCUT2D eigenvalue weighted by molar-refractivity contribution is -0.149. The molecule has 1 aliphatic carbocycles. The Hall–Kier alpha value is -0.710. The Morgan fingerprint density at radius 3 is 2.64 bits per heavy atom. The Balaban J connectivity index is 2.05. The SMILES string of the molecule is O=C(O)C1CSCCN1C(=O)C1CC1. The average Bonchev–Trinajstić information content (AvgIpc) is 3.00. The van der Waals surface area contributed by atoms with Gasteiger partial charge in [-0.25, -0.2) is 4.79 Å². The van der Waals surface area contributed by atoms with E-state index in [1.54, 1.807) is 16.7 Å². The third-order valence-electron chi connectivity index (χ3n) is 2.62. The van der Waals surface area contributed by atoms with Crippen LogP contribution in [0.1, 0.15) is 12.8 Å². The Bertz CT molecular complexity index is 265. The van der Waals surface area contributed by atoms with Crippen LogP contribution in [0.2, 0.25) is 0 Å². The number of aliphatic carboxylic acids is 1. The highest BCUT2D eigenvalue weighted by atomic mass is 32.2. The molecule has 5 heteroatoms. The second-order valence-corrected chi connectivity index (χ2v) is 4.88. The molecule has 1 heterocycles. The molecule has 1 amide bonds. The number of rotatable bonds is 2. The van der Waals surface area contributed by atoms with E-state index in [0.717, 1.165) is 18.6 Å². The first-order valence-corrected chi connectivity index (χ1v) is 5.96. The van der Waals surface area contributed by atoms with Crippen LogP contribution in [0.4, 0.5) is 0 Å². The highest BCUT2D eigenvalue weighted by Crippen LogP contribution is 2.32. The second kappa shape index (κ2) is 3.81. The van der Waals surface area contributed by atoms with Gasteiger partial charge in [-0.05, 0) is 12.8 Å². The van der Waals surface area contributed by atoms with E-state index in [1.165, 1.54) is 0 Å². The Kier molecular flexibility index (Phi) is 2.67. The van der Waals surface area contributed by atoms with E-state index in [-0.39, 0.29) is 11.8 Å². The molecule has 0 bridgehead atoms. The predicted octanol–water partition coefficient (Wildman–Crippen LogP) is 0.425. The lowest BCUT2D eigenvalue weighted by atomic mass is 10.2. The molecule has 78 valence electrons. The fraction of sp³-hybridized carbons (Fsp3) is 0.778. The first kappa shape index (κ1) is 9.83. The van der Waals surface area contributed by atoms with Crippen LogP contribution < -0.4 is 0 Å². The molecule has 1 saturated heterocycles. The van der Waals surface area contributed by atoms with Crippen LogP contribution in [-0.4, -0.2) is 46.0 Å². The predicted molar refractivity (Wildman–Crippen MR) is 53.2 cm³/mol. The molecule has 0 aromatic rings. The standard InChI is InChI=1S/C9H13NO3S/c11-8(6-1-2-6)10-3-4-14-5-7(10)9(12)13/h6-7H,1-5H2,(H,12,13). The maximum Gasteiger partial charge on any atom is 0.327 e. The lowest BCUT2D eigenvalue weighted by Crippen LogP contribution is -2.50. The second-order valence-electron chi connectivity index (χ2n) is 3.73. The Morgan fingerprint density at radius 2 is 2.07 bits per heavy atom. The molecule has 2 fully saturated rings. The minimum atomic E-state index is -0.869. The van der Waals surface area contributed by atoms with Gasteiger partial charge in [0.2, 0.25) is 5.91 Å². The number of hydrogen-bond donors (Lipinski definition) is 1. The van der Waals surface area contributed by atoms with Crippen molar-refractivity contribution < 1.29 is 14.7 Å². The number of carboxylic acid groups (broad SMARTS) is 1. The summed E-state index contributed by atoms with van der Waals surface area (Å²) in [6, 6.07) is -0.596. The van der Waals surface area contributed by atoms with Crippen molar-refractivity contribution in [3.8, 4) is 0 Å². The maximum atomic E-state index is 11.7. The van der Waals surface area contributed by atoms with Crippen molar-refractivity contribution in [2.45, 2.75) is 18.9 Å². The zero-order valence-electron chi connectivity index (χ0n) is 7.81. The molecule has 14 heavy (non-hydrogen) atoms. The topological polar surface area (TPSA) is 57.6 Å². The Labute approximate surface area is 86.6 Å². The molecule has 1 saturated carbocycles. The minimum absolute atomic E-state index is 0.0534. The van der Waals surface area contributed by atoms with E-state index in [4.69, 9.17) is 5.11 Å². The number of carboxylic acids is 1. The summed E-state index contributed by atoms with van der Waals surface area (Å²) in [7, 11) is 0. The molecule has 0 spiro atoms. The van der Waals surface area contributed by atoms with Crippen LogP contribution in [0.3, 0.4) is 0 Å². The number of thioether (sulfide) groups is 1. The molecule has 2 rings (SSSR count). The van der Waals surface area contributed by atoms with Gasteiger partial charge in [0.05, 0.1) is 0 Å². The van der Waals surface area contributed by atoms with Gasteiger partial charge in [0, 0.05) is 24.0 Å². The van der Waals surface area contributed by atoms with Gasteiger partial charge >= 0.3 is 5.97 Å². The monoisotopic (exact) mass is 215 g/mol. The lowest BCUT2D eigenvalue weighted by Gasteiger charge is -2.32. The summed E-state index contributed by atoms with van der Waals surface area (Å²) in [5.41, 5.74) is 0. The quantitative estimate of drug-likeness (QED) is 0.725. The van der Waals surface area contributed by atoms with E-state index in [9.17, 15) is 9.59 Å². The van der Waals surface area contributed by atoms with Gasteiger partial charge < -0.3 is 10.0 Å². The zero-order chi connectivity index (χ0) is 10.1. The minimum Gasteiger partial charge on any atom is -0.480 e. The molecular formula is C9H13NO3S. The third kappa shape index (κ3) is 1.87. The van der Waals surface area contributed by atoms with Crippen molar-refractivity contribution in [2.75, 3.05) is 18.1 Å². The van der Waals surface area contributed by atoms with Gasteiger partial charge in [0.15, 0.2) is 0 Å². The fourth-order valence-electron chi connectivity index (χ4n) is 1.64. The summed E-state index contributed by atoms with van der Waals surface area (Å²) < 4.78 is 0. The molecule has 2 aliphatic rings. The third-order valence-corrected chi connectivity index (χ3v) is 3.65. The average molecular weight is 215 g/mol. The number of carbonyl (C=O) groups is 2. The van der Waals surface area contributed by atoms with Crippen LogP contribution in [0.5, 0.6) is 0 Å². The molecule has 1 aliphatic heterocycles. The van der Waals surface area contributed by atoms with Crippen molar-refractivity contribution in [1.29, 1.82) is 0 Å². The molecular weight excluding hydrogens is 202 g/mol. The van der Waals surface area contributed by atoms with Crippen LogP contribution >= 0.6 is 11.8 Å². The van der Waals surface area contributed by atoms with Crippen LogP contribution in [0, 0.1) is 5.92 Å². The molecule has 0 radical (unpaired) electrons. The van der Waals surface area contributed by atoms with Gasteiger partial charge in [-0.3, -0.25) is 4.79 Å². The maximum absolute atomic E-state index is 11.7. The number of nitrogens with zero attached hydrogens (tertiary/aromatic N) is 1. The summed E-state index contributed by atoms with van der Waals surface area (Å²) in [5, 5.41) is 8.95. The van der Waals surface area contributed by atoms with E-state index >= 15 is 0 Å². The van der Waals surface area contributed by atoms with Crippen molar-refractivity contribution in [1.82, 2.24) is 4.90 Å². The van der Waals surface area contributed by atoms with Crippen LogP contribution in [-0.2, 0) is 9.59 Å². The van der Waals surface area contributed by atoms with Crippen molar-refractivity contribution in [3.05, 3.63) is 0 Å². The smallest absolute Gasteiger partial charge is 0.327 e. The summed E-state index contributed by atoms with van der Waals surface area (Å²) >= 11 is 1.61. The van der Waals surface area contributed by atoms with Crippen molar-refractivity contribution in [2.24, 2.45) is 5.92 Å². The molecule has 0 aromatic carbocycles. The summed E-state index contributed by atoms with van der Waals surface area (Å²) in [6.07, 6.45) is 1.88. The first-order valence-electron chi connectivity index (χ1n) is 4.81. The number of hydrogen-bond acceptors (Lipinski definition) is 3. The van der Waals surface area contributed by atoms with Gasteiger partial charge in [-0.2, -0.15) is 11.8 Å². The molecule has 4 nitrogen and oxygen atoms in total. The van der Waals surface area contributed by atoms with Gasteiger partial charge in [-0.1, -0.05) is 0 Å². The van der Waals surface area contributed by atoms with Gasteiger partial charge in [0.1, 0.15) is 6.04 Å². The summed E-state index contributed by atoms with van der Waals surface area (Å²) in [4.78, 5) is 24.2. The Morgan fingerprint density at radius 1 is 1.36 bits per heavy atom. The summed E-state index contributed by atoms with van der Waals surface area (Å²) in [5.74, 6) is 0.708. The molecule has 1 atom stereocenters. The first-order chi connectivity index (χ1) is 6.70. The van der Waals surface area contributed by atoms with Crippen LogP contribution in [0.25, 0.3) is 0 Å². The van der Waals surface area contributed by atoms with E-state index in [0.29, 0.717) is 12.3 Å². The van der Waals surface area contributed by atoms with E-state index in [1.807, 2.05) is 0 Å². The van der Waals surface area contributed by atoms with Gasteiger partial charge in [0.25, 0.3) is 0 Å². The summed E-state index contributed by atoms with van der Waals surface area (Å²) in [6.45, 7) is 0.594. The fourth-order valence-corrected chi connectivity index (χ4v) is 2.68. The van der Waals surface area contributed by atoms with Crippen molar-refractivity contribution in [3.63, 3.8) is 0 Å². The largest absolute Gasteiger partial charge is 0.480 e. The van der Waals surface area contributed by atoms with Crippen LogP contribution in [0.15, 0.2) is 0 Å². The number of carbonyl (C=O) groups excluding carboxylic acids is 1. The molecule has 0 aromatic heterocycles. The highest BCUT2D eigenvalue weighted by molar-refractivity contribution is 7.99. The normalized spacial score (nSPS) is 27.4. The van der Waals surface area contributed by atoms with Gasteiger partial charge in [-0.15, -0.1) is 0 Å². The molecule has 1 N–H and O–H groups in total. The highest BCUT2D eigenvalue weighted by Gasteiger charge is 2.39. The van der Waals surface area contributed by atoms with E-state index in [2.05, 4.69) is 0 Å². The number of amides is 1. The van der Waals surface area contributed by atoms with E-state index < -0.39 is 12.0 Å². The van der Waals surface area contributed by atoms with Crippen molar-refractivity contribution >= 4 is 23.6 Å². The zero-order valence-corrected chi connectivity index (χ0v) is 8.63.